The van der Waals surface area contributed by atoms with Crippen molar-refractivity contribution in [1.29, 1.82) is 0 Å². The number of ether oxygens (including phenoxy) is 1. The van der Waals surface area contributed by atoms with Crippen LogP contribution in [0.3, 0.4) is 0 Å². The highest BCUT2D eigenvalue weighted by atomic mass is 32.1. The Morgan fingerprint density at radius 2 is 2.10 bits per heavy atom. The minimum Gasteiger partial charge on any atom is -0.476 e. The van der Waals surface area contributed by atoms with Gasteiger partial charge in [-0.25, -0.2) is 14.1 Å². The molecule has 108 valence electrons. The normalized spacial score (nSPS) is 11.6. The summed E-state index contributed by atoms with van der Waals surface area (Å²) in [5, 5.41) is 17.3. The molecule has 0 fully saturated rings. The molecule has 0 saturated carbocycles. The molecule has 2 N–H and O–H groups in total. The smallest absolute Gasteiger partial charge is 0.412 e. The van der Waals surface area contributed by atoms with E-state index in [4.69, 9.17) is 9.84 Å². The lowest BCUT2D eigenvalue weighted by atomic mass is 10.2. The molecular weight excluding hydrogens is 282 g/mol. The van der Waals surface area contributed by atoms with E-state index >= 15 is 0 Å². The van der Waals surface area contributed by atoms with Gasteiger partial charge in [-0.05, 0) is 27.7 Å². The molecule has 0 aliphatic rings. The number of fused-ring (bicyclic) bond motifs is 1. The molecule has 0 radical (unpaired) electrons. The van der Waals surface area contributed by atoms with E-state index in [1.54, 1.807) is 27.7 Å². The lowest BCUT2D eigenvalue weighted by Crippen LogP contribution is -2.27. The third-order valence-electron chi connectivity index (χ3n) is 2.37. The van der Waals surface area contributed by atoms with Gasteiger partial charge >= 0.3 is 12.1 Å². The van der Waals surface area contributed by atoms with Gasteiger partial charge in [0.25, 0.3) is 0 Å². The van der Waals surface area contributed by atoms with Crippen molar-refractivity contribution in [2.45, 2.75) is 33.3 Å². The summed E-state index contributed by atoms with van der Waals surface area (Å²) >= 11 is 1.20. The van der Waals surface area contributed by atoms with Crippen LogP contribution in [-0.2, 0) is 4.74 Å². The highest BCUT2D eigenvalue weighted by Gasteiger charge is 2.22. The highest BCUT2D eigenvalue weighted by molar-refractivity contribution is 7.16. The Kier molecular flexibility index (Phi) is 3.43. The molecule has 0 spiro atoms. The van der Waals surface area contributed by atoms with Gasteiger partial charge in [0.1, 0.15) is 16.1 Å². The van der Waals surface area contributed by atoms with Crippen LogP contribution in [0.25, 0.3) is 4.83 Å². The van der Waals surface area contributed by atoms with Crippen molar-refractivity contribution < 1.29 is 19.4 Å². The predicted octanol–water partition coefficient (Wildman–Crippen LogP) is 2.75. The maximum Gasteiger partial charge on any atom is 0.412 e. The summed E-state index contributed by atoms with van der Waals surface area (Å²) in [6.07, 6.45) is -0.597. The second kappa shape index (κ2) is 4.78. The van der Waals surface area contributed by atoms with Gasteiger partial charge in [-0.15, -0.1) is 11.3 Å². The van der Waals surface area contributed by atoms with Gasteiger partial charge in [0.05, 0.1) is 5.69 Å². The number of thiazole rings is 1. The number of nitrogens with zero attached hydrogens (tertiary/aromatic N) is 2. The largest absolute Gasteiger partial charge is 0.476 e. The number of anilines is 1. The van der Waals surface area contributed by atoms with Crippen molar-refractivity contribution in [3.63, 3.8) is 0 Å². The third-order valence-corrected chi connectivity index (χ3v) is 3.31. The number of nitrogens with one attached hydrogen (secondary N) is 1. The SMILES string of the molecule is Cc1nn2c(C(=O)O)csc2c1NC(=O)OC(C)(C)C. The number of rotatable bonds is 2. The molecule has 0 saturated heterocycles. The van der Waals surface area contributed by atoms with Crippen LogP contribution in [0.15, 0.2) is 5.38 Å². The van der Waals surface area contributed by atoms with E-state index in [2.05, 4.69) is 10.4 Å². The van der Waals surface area contributed by atoms with Crippen molar-refractivity contribution in [2.24, 2.45) is 0 Å². The first kappa shape index (κ1) is 14.3. The summed E-state index contributed by atoms with van der Waals surface area (Å²) in [4.78, 5) is 23.4. The lowest BCUT2D eigenvalue weighted by molar-refractivity contribution is 0.0634. The molecule has 20 heavy (non-hydrogen) atoms. The predicted molar refractivity (Wildman–Crippen MR) is 74.6 cm³/mol. The minimum absolute atomic E-state index is 0.0605. The standard InChI is InChI=1S/C12H15N3O4S/c1-6-8(13-11(18)19-12(2,3)4)9-15(14-6)7(5-20-9)10(16)17/h5H,1-4H3,(H,13,18)(H,16,17). The molecule has 0 bridgehead atoms. The molecule has 2 aromatic heterocycles. The van der Waals surface area contributed by atoms with E-state index in [-0.39, 0.29) is 5.69 Å². The van der Waals surface area contributed by atoms with Gasteiger partial charge < -0.3 is 9.84 Å². The molecule has 0 aliphatic carbocycles. The summed E-state index contributed by atoms with van der Waals surface area (Å²) in [5.74, 6) is -1.07. The van der Waals surface area contributed by atoms with Gasteiger partial charge in [0.15, 0.2) is 5.69 Å². The Balaban J connectivity index is 2.33. The number of carboxylic acid groups (broad SMARTS) is 1. The number of aryl methyl sites for hydroxylation is 1. The second-order valence-corrected chi connectivity index (χ2v) is 6.09. The fraction of sp³-hybridized carbons (Fsp3) is 0.417. The van der Waals surface area contributed by atoms with Crippen LogP contribution < -0.4 is 5.32 Å². The van der Waals surface area contributed by atoms with Gasteiger partial charge in [0.2, 0.25) is 0 Å². The van der Waals surface area contributed by atoms with Crippen molar-refractivity contribution >= 4 is 33.9 Å². The quantitative estimate of drug-likeness (QED) is 0.889. The summed E-state index contributed by atoms with van der Waals surface area (Å²) in [5.41, 5.74) is 0.457. The summed E-state index contributed by atoms with van der Waals surface area (Å²) in [6, 6.07) is 0. The van der Waals surface area contributed by atoms with Crippen LogP contribution in [0.4, 0.5) is 10.5 Å². The Morgan fingerprint density at radius 1 is 1.45 bits per heavy atom. The average molecular weight is 297 g/mol. The summed E-state index contributed by atoms with van der Waals surface area (Å²) in [7, 11) is 0. The monoisotopic (exact) mass is 297 g/mol. The topological polar surface area (TPSA) is 92.9 Å². The van der Waals surface area contributed by atoms with Crippen molar-refractivity contribution in [3.8, 4) is 0 Å². The van der Waals surface area contributed by atoms with Crippen LogP contribution in [0.5, 0.6) is 0 Å². The van der Waals surface area contributed by atoms with E-state index in [0.717, 1.165) is 0 Å². The molecule has 2 aromatic rings. The van der Waals surface area contributed by atoms with E-state index < -0.39 is 17.7 Å². The molecule has 1 amide bonds. The van der Waals surface area contributed by atoms with Crippen LogP contribution in [0, 0.1) is 6.92 Å². The lowest BCUT2D eigenvalue weighted by Gasteiger charge is -2.19. The first-order valence-corrected chi connectivity index (χ1v) is 6.77. The number of hydrogen-bond donors (Lipinski definition) is 2. The molecule has 0 atom stereocenters. The third kappa shape index (κ3) is 2.74. The molecule has 0 aliphatic heterocycles. The Labute approximate surface area is 119 Å². The zero-order chi connectivity index (χ0) is 15.1. The highest BCUT2D eigenvalue weighted by Crippen LogP contribution is 2.28. The Morgan fingerprint density at radius 3 is 2.65 bits per heavy atom. The van der Waals surface area contributed by atoms with E-state index in [0.29, 0.717) is 16.2 Å². The first-order valence-electron chi connectivity index (χ1n) is 5.89. The van der Waals surface area contributed by atoms with E-state index in [9.17, 15) is 9.59 Å². The van der Waals surface area contributed by atoms with Gasteiger partial charge in [-0.3, -0.25) is 5.32 Å². The Hall–Kier alpha value is -2.09. The van der Waals surface area contributed by atoms with Crippen molar-refractivity contribution in [3.05, 3.63) is 16.8 Å². The zero-order valence-electron chi connectivity index (χ0n) is 11.6. The number of hydrogen-bond acceptors (Lipinski definition) is 5. The minimum atomic E-state index is -1.07. The summed E-state index contributed by atoms with van der Waals surface area (Å²) in [6.45, 7) is 6.99. The number of carbonyl (C=O) groups is 2. The van der Waals surface area contributed by atoms with Crippen LogP contribution in [0.2, 0.25) is 0 Å². The molecule has 2 heterocycles. The fourth-order valence-corrected chi connectivity index (χ4v) is 2.61. The molecule has 0 unspecified atom stereocenters. The van der Waals surface area contributed by atoms with E-state index in [1.165, 1.54) is 21.2 Å². The number of amides is 1. The number of aromatic nitrogens is 2. The maximum atomic E-state index is 11.8. The van der Waals surface area contributed by atoms with Crippen LogP contribution >= 0.6 is 11.3 Å². The summed E-state index contributed by atoms with van der Waals surface area (Å²) < 4.78 is 6.47. The average Bonchev–Trinajstić information content (AvgIpc) is 2.77. The molecule has 0 aromatic carbocycles. The van der Waals surface area contributed by atoms with Crippen LogP contribution in [-0.4, -0.2) is 32.4 Å². The second-order valence-electron chi connectivity index (χ2n) is 5.23. The van der Waals surface area contributed by atoms with Crippen molar-refractivity contribution in [2.75, 3.05) is 5.32 Å². The number of carbonyl (C=O) groups excluding carboxylic acids is 1. The first-order chi connectivity index (χ1) is 9.19. The fourth-order valence-electron chi connectivity index (χ4n) is 1.63. The Bertz CT molecular complexity index is 681. The van der Waals surface area contributed by atoms with Crippen molar-refractivity contribution in [1.82, 2.24) is 9.61 Å². The van der Waals surface area contributed by atoms with E-state index in [1.807, 2.05) is 0 Å². The molecular formula is C12H15N3O4S. The number of aromatic carboxylic acids is 1. The zero-order valence-corrected chi connectivity index (χ0v) is 12.4. The molecule has 8 heteroatoms. The molecule has 7 nitrogen and oxygen atoms in total. The van der Waals surface area contributed by atoms with Gasteiger partial charge in [-0.2, -0.15) is 5.10 Å². The van der Waals surface area contributed by atoms with Gasteiger partial charge in [-0.1, -0.05) is 0 Å². The maximum absolute atomic E-state index is 11.8. The molecule has 2 rings (SSSR count). The van der Waals surface area contributed by atoms with Crippen LogP contribution in [0.1, 0.15) is 37.0 Å². The van der Waals surface area contributed by atoms with Gasteiger partial charge in [0, 0.05) is 5.38 Å². The number of carboxylic acids is 1.